The highest BCUT2D eigenvalue weighted by atomic mass is 16.5. The topological polar surface area (TPSA) is 35.2 Å². The Hall–Kier alpha value is -1.80. The molecule has 0 aliphatic rings. The van der Waals surface area contributed by atoms with Gasteiger partial charge in [0.25, 0.3) is 0 Å². The Labute approximate surface area is 103 Å². The van der Waals surface area contributed by atoms with Gasteiger partial charge in [-0.1, -0.05) is 43.0 Å². The molecule has 0 aliphatic carbocycles. The summed E-state index contributed by atoms with van der Waals surface area (Å²) in [5, 5.41) is 0. The first-order chi connectivity index (χ1) is 8.30. The van der Waals surface area contributed by atoms with Crippen LogP contribution in [-0.2, 0) is 6.54 Å². The summed E-state index contributed by atoms with van der Waals surface area (Å²) in [4.78, 5) is 0. The normalized spacial score (nSPS) is 11.8. The van der Waals surface area contributed by atoms with Crippen molar-refractivity contribution < 1.29 is 4.74 Å². The van der Waals surface area contributed by atoms with Gasteiger partial charge in [-0.25, -0.2) is 0 Å². The molecule has 2 heteroatoms. The van der Waals surface area contributed by atoms with Crippen LogP contribution < -0.4 is 10.5 Å². The molecule has 17 heavy (non-hydrogen) atoms. The van der Waals surface area contributed by atoms with Crippen LogP contribution in [0.2, 0.25) is 0 Å². The van der Waals surface area contributed by atoms with Crippen LogP contribution >= 0.6 is 0 Å². The average Bonchev–Trinajstić information content (AvgIpc) is 2.37. The summed E-state index contributed by atoms with van der Waals surface area (Å²) in [6.07, 6.45) is 7.69. The number of hydrogen-bond donors (Lipinski definition) is 1. The molecule has 90 valence electrons. The highest BCUT2D eigenvalue weighted by Gasteiger charge is 1.96. The monoisotopic (exact) mass is 229 g/mol. The quantitative estimate of drug-likeness (QED) is 0.760. The summed E-state index contributed by atoms with van der Waals surface area (Å²) in [7, 11) is 0. The van der Waals surface area contributed by atoms with E-state index >= 15 is 0 Å². The number of benzene rings is 1. The first-order valence-corrected chi connectivity index (χ1v) is 5.66. The third-order valence-electron chi connectivity index (χ3n) is 2.28. The molecular formula is C15H19NO. The molecule has 2 nitrogen and oxygen atoms in total. The predicted molar refractivity (Wildman–Crippen MR) is 72.9 cm³/mol. The third-order valence-corrected chi connectivity index (χ3v) is 2.28. The van der Waals surface area contributed by atoms with E-state index in [1.165, 1.54) is 0 Å². The first-order valence-electron chi connectivity index (χ1n) is 5.66. The van der Waals surface area contributed by atoms with Crippen molar-refractivity contribution >= 4 is 0 Å². The molecule has 0 aliphatic heterocycles. The van der Waals surface area contributed by atoms with Gasteiger partial charge in [-0.2, -0.15) is 0 Å². The van der Waals surface area contributed by atoms with Crippen molar-refractivity contribution in [1.29, 1.82) is 0 Å². The smallest absolute Gasteiger partial charge is 0.119 e. The van der Waals surface area contributed by atoms with Gasteiger partial charge in [-0.15, -0.1) is 0 Å². The van der Waals surface area contributed by atoms with Crippen LogP contribution in [0.4, 0.5) is 0 Å². The summed E-state index contributed by atoms with van der Waals surface area (Å²) < 4.78 is 5.66. The number of nitrogens with two attached hydrogens (primary N) is 1. The Morgan fingerprint density at radius 1 is 1.35 bits per heavy atom. The molecule has 0 fully saturated rings. The van der Waals surface area contributed by atoms with E-state index in [0.717, 1.165) is 16.9 Å². The van der Waals surface area contributed by atoms with E-state index in [2.05, 4.69) is 6.58 Å². The van der Waals surface area contributed by atoms with Crippen LogP contribution in [0.25, 0.3) is 0 Å². The van der Waals surface area contributed by atoms with Crippen molar-refractivity contribution in [3.63, 3.8) is 0 Å². The maximum absolute atomic E-state index is 5.66. The molecule has 0 radical (unpaired) electrons. The van der Waals surface area contributed by atoms with Crippen molar-refractivity contribution in [2.24, 2.45) is 5.73 Å². The summed E-state index contributed by atoms with van der Waals surface area (Å²) in [6, 6.07) is 7.82. The minimum absolute atomic E-state index is 0.540. The molecule has 0 bridgehead atoms. The summed E-state index contributed by atoms with van der Waals surface area (Å²) in [5.41, 5.74) is 7.72. The Morgan fingerprint density at radius 3 is 2.59 bits per heavy atom. The lowest BCUT2D eigenvalue weighted by molar-refractivity contribution is 0.355. The lowest BCUT2D eigenvalue weighted by atomic mass is 10.2. The molecule has 0 heterocycles. The molecule has 1 aromatic carbocycles. The van der Waals surface area contributed by atoms with Gasteiger partial charge in [0.2, 0.25) is 0 Å². The van der Waals surface area contributed by atoms with Crippen LogP contribution in [0.15, 0.2) is 60.7 Å². The van der Waals surface area contributed by atoms with Gasteiger partial charge in [-0.05, 0) is 30.2 Å². The lowest BCUT2D eigenvalue weighted by Gasteiger charge is -2.07. The zero-order valence-electron chi connectivity index (χ0n) is 10.2. The Kier molecular flexibility index (Phi) is 5.83. The van der Waals surface area contributed by atoms with Gasteiger partial charge >= 0.3 is 0 Å². The van der Waals surface area contributed by atoms with E-state index < -0.39 is 0 Å². The summed E-state index contributed by atoms with van der Waals surface area (Å²) in [6.45, 7) is 6.76. The van der Waals surface area contributed by atoms with E-state index in [4.69, 9.17) is 10.5 Å². The molecule has 2 N–H and O–H groups in total. The molecule has 0 saturated heterocycles. The molecule has 1 rings (SSSR count). The van der Waals surface area contributed by atoms with Crippen molar-refractivity contribution in [3.8, 4) is 5.75 Å². The predicted octanol–water partition coefficient (Wildman–Crippen LogP) is 3.21. The van der Waals surface area contributed by atoms with Crippen LogP contribution in [0.1, 0.15) is 12.5 Å². The van der Waals surface area contributed by atoms with E-state index in [0.29, 0.717) is 13.2 Å². The Balaban J connectivity index is 2.59. The minimum atomic E-state index is 0.540. The fourth-order valence-electron chi connectivity index (χ4n) is 1.41. The second kappa shape index (κ2) is 7.47. The van der Waals surface area contributed by atoms with Crippen molar-refractivity contribution in [1.82, 2.24) is 0 Å². The minimum Gasteiger partial charge on any atom is -0.489 e. The fraction of sp³-hybridized carbons (Fsp3) is 0.200. The van der Waals surface area contributed by atoms with Gasteiger partial charge in [0, 0.05) is 6.54 Å². The summed E-state index contributed by atoms with van der Waals surface area (Å²) >= 11 is 0. The highest BCUT2D eigenvalue weighted by Crippen LogP contribution is 2.13. The van der Waals surface area contributed by atoms with E-state index in [-0.39, 0.29) is 0 Å². The van der Waals surface area contributed by atoms with Gasteiger partial charge in [-0.3, -0.25) is 0 Å². The van der Waals surface area contributed by atoms with E-state index in [9.17, 15) is 0 Å². The largest absolute Gasteiger partial charge is 0.489 e. The standard InChI is InChI=1S/C15H19NO/c1-3-5-14(6-4-2)12-17-15-9-7-13(11-16)8-10-15/h3-10H,1,11-12,16H2,2H3/b6-4-,14-5+. The Bertz CT molecular complexity index is 401. The average molecular weight is 229 g/mol. The molecule has 1 aromatic rings. The van der Waals surface area contributed by atoms with Crippen LogP contribution in [0, 0.1) is 0 Å². The fourth-order valence-corrected chi connectivity index (χ4v) is 1.41. The first kappa shape index (κ1) is 13.3. The third kappa shape index (κ3) is 4.70. The van der Waals surface area contributed by atoms with Crippen molar-refractivity contribution in [3.05, 3.63) is 66.3 Å². The van der Waals surface area contributed by atoms with Gasteiger partial charge in [0.1, 0.15) is 12.4 Å². The van der Waals surface area contributed by atoms with Crippen molar-refractivity contribution in [2.75, 3.05) is 6.61 Å². The molecule has 0 unspecified atom stereocenters. The summed E-state index contributed by atoms with van der Waals surface area (Å²) in [5.74, 6) is 0.849. The SMILES string of the molecule is C=C/C=C(\C=C/C)COc1ccc(CN)cc1. The van der Waals surface area contributed by atoms with Crippen LogP contribution in [0.5, 0.6) is 5.75 Å². The maximum Gasteiger partial charge on any atom is 0.119 e. The molecular weight excluding hydrogens is 210 g/mol. The van der Waals surface area contributed by atoms with Crippen LogP contribution in [0.3, 0.4) is 0 Å². The number of rotatable bonds is 6. The lowest BCUT2D eigenvalue weighted by Crippen LogP contribution is -2.00. The zero-order valence-corrected chi connectivity index (χ0v) is 10.2. The number of allylic oxidation sites excluding steroid dienone is 3. The molecule has 0 aromatic heterocycles. The highest BCUT2D eigenvalue weighted by molar-refractivity contribution is 5.29. The Morgan fingerprint density at radius 2 is 2.06 bits per heavy atom. The molecule has 0 amide bonds. The van der Waals surface area contributed by atoms with Crippen LogP contribution in [-0.4, -0.2) is 6.61 Å². The molecule has 0 saturated carbocycles. The molecule has 0 atom stereocenters. The van der Waals surface area contributed by atoms with E-state index in [1.807, 2.05) is 49.4 Å². The zero-order chi connectivity index (χ0) is 12.5. The van der Waals surface area contributed by atoms with Gasteiger partial charge in [0.05, 0.1) is 0 Å². The second-order valence-corrected chi connectivity index (χ2v) is 3.61. The van der Waals surface area contributed by atoms with Gasteiger partial charge < -0.3 is 10.5 Å². The maximum atomic E-state index is 5.66. The van der Waals surface area contributed by atoms with E-state index in [1.54, 1.807) is 6.08 Å². The van der Waals surface area contributed by atoms with Crippen molar-refractivity contribution in [2.45, 2.75) is 13.5 Å². The number of hydrogen-bond acceptors (Lipinski definition) is 2. The second-order valence-electron chi connectivity index (χ2n) is 3.61. The molecule has 0 spiro atoms. The number of ether oxygens (including phenoxy) is 1. The van der Waals surface area contributed by atoms with Gasteiger partial charge in [0.15, 0.2) is 0 Å².